The standard InChI is InChI=1S/C9H10N2O2/c1-9(6-13-8(12)11-9)7-4-2-3-5-10-7/h2-5H,6H2,1H3,(H,11,12). The second-order valence-corrected chi connectivity index (χ2v) is 3.25. The van der Waals surface area contributed by atoms with Crippen molar-refractivity contribution in [3.63, 3.8) is 0 Å². The van der Waals surface area contributed by atoms with Gasteiger partial charge in [0.2, 0.25) is 0 Å². The number of hydrogen-bond acceptors (Lipinski definition) is 3. The van der Waals surface area contributed by atoms with Gasteiger partial charge in [0.25, 0.3) is 0 Å². The molecule has 4 heteroatoms. The average molecular weight is 178 g/mol. The third kappa shape index (κ3) is 1.35. The van der Waals surface area contributed by atoms with Gasteiger partial charge in [0.1, 0.15) is 12.1 Å². The van der Waals surface area contributed by atoms with E-state index in [0.717, 1.165) is 5.69 Å². The highest BCUT2D eigenvalue weighted by atomic mass is 16.6. The summed E-state index contributed by atoms with van der Waals surface area (Å²) in [5.41, 5.74) is 0.346. The van der Waals surface area contributed by atoms with E-state index < -0.39 is 5.54 Å². The molecule has 0 aromatic carbocycles. The van der Waals surface area contributed by atoms with Crippen molar-refractivity contribution in [2.24, 2.45) is 0 Å². The third-order valence-electron chi connectivity index (χ3n) is 2.10. The van der Waals surface area contributed by atoms with Gasteiger partial charge in [-0.25, -0.2) is 4.79 Å². The Kier molecular flexibility index (Phi) is 1.69. The summed E-state index contributed by atoms with van der Waals surface area (Å²) in [7, 11) is 0. The predicted octanol–water partition coefficient (Wildman–Crippen LogP) is 1.04. The maximum atomic E-state index is 10.9. The molecule has 1 aromatic rings. The van der Waals surface area contributed by atoms with Crippen molar-refractivity contribution in [1.82, 2.24) is 10.3 Å². The molecule has 1 fully saturated rings. The van der Waals surface area contributed by atoms with Crippen molar-refractivity contribution in [3.8, 4) is 0 Å². The molecule has 68 valence electrons. The molecule has 1 aliphatic rings. The topological polar surface area (TPSA) is 51.2 Å². The van der Waals surface area contributed by atoms with E-state index in [1.54, 1.807) is 6.20 Å². The van der Waals surface area contributed by atoms with Gasteiger partial charge < -0.3 is 10.1 Å². The lowest BCUT2D eigenvalue weighted by Gasteiger charge is -2.19. The van der Waals surface area contributed by atoms with E-state index in [1.165, 1.54) is 0 Å². The summed E-state index contributed by atoms with van der Waals surface area (Å²) >= 11 is 0. The summed E-state index contributed by atoms with van der Waals surface area (Å²) in [6.45, 7) is 2.23. The maximum Gasteiger partial charge on any atom is 0.408 e. The number of ether oxygens (including phenoxy) is 1. The Balaban J connectivity index is 2.31. The molecule has 1 unspecified atom stereocenters. The van der Waals surface area contributed by atoms with Crippen molar-refractivity contribution in [3.05, 3.63) is 30.1 Å². The molecule has 1 N–H and O–H groups in total. The second kappa shape index (κ2) is 2.73. The molecular formula is C9H10N2O2. The molecule has 1 atom stereocenters. The number of nitrogens with zero attached hydrogens (tertiary/aromatic N) is 1. The first kappa shape index (κ1) is 8.04. The van der Waals surface area contributed by atoms with Crippen LogP contribution in [0.3, 0.4) is 0 Å². The van der Waals surface area contributed by atoms with Crippen LogP contribution in [-0.4, -0.2) is 17.7 Å². The predicted molar refractivity (Wildman–Crippen MR) is 46.1 cm³/mol. The molecule has 1 aliphatic heterocycles. The number of rotatable bonds is 1. The van der Waals surface area contributed by atoms with Crippen LogP contribution in [0.15, 0.2) is 24.4 Å². The molecule has 2 heterocycles. The number of aromatic nitrogens is 1. The van der Waals surface area contributed by atoms with Crippen LogP contribution in [0.2, 0.25) is 0 Å². The summed E-state index contributed by atoms with van der Waals surface area (Å²) in [4.78, 5) is 15.0. The molecule has 1 saturated heterocycles. The first-order valence-corrected chi connectivity index (χ1v) is 4.07. The van der Waals surface area contributed by atoms with Gasteiger partial charge in [0.15, 0.2) is 0 Å². The first-order valence-electron chi connectivity index (χ1n) is 4.07. The Bertz CT molecular complexity index is 326. The van der Waals surface area contributed by atoms with Crippen molar-refractivity contribution >= 4 is 6.09 Å². The van der Waals surface area contributed by atoms with E-state index in [9.17, 15) is 4.79 Å². The Hall–Kier alpha value is -1.58. The van der Waals surface area contributed by atoms with Gasteiger partial charge in [-0.15, -0.1) is 0 Å². The number of alkyl carbamates (subject to hydrolysis) is 1. The number of hydrogen-bond donors (Lipinski definition) is 1. The fraction of sp³-hybridized carbons (Fsp3) is 0.333. The molecule has 2 rings (SSSR count). The lowest BCUT2D eigenvalue weighted by molar-refractivity contribution is 0.173. The van der Waals surface area contributed by atoms with Crippen molar-refractivity contribution in [2.45, 2.75) is 12.5 Å². The number of carbonyl (C=O) groups is 1. The number of carbonyl (C=O) groups excluding carboxylic acids is 1. The van der Waals surface area contributed by atoms with Crippen LogP contribution in [0.5, 0.6) is 0 Å². The van der Waals surface area contributed by atoms with E-state index in [2.05, 4.69) is 10.3 Å². The number of amides is 1. The van der Waals surface area contributed by atoms with E-state index in [1.807, 2.05) is 25.1 Å². The quantitative estimate of drug-likeness (QED) is 0.699. The molecule has 0 aliphatic carbocycles. The molecule has 0 radical (unpaired) electrons. The first-order chi connectivity index (χ1) is 6.21. The zero-order chi connectivity index (χ0) is 9.31. The second-order valence-electron chi connectivity index (χ2n) is 3.25. The van der Waals surface area contributed by atoms with Crippen LogP contribution < -0.4 is 5.32 Å². The van der Waals surface area contributed by atoms with Crippen LogP contribution in [0, 0.1) is 0 Å². The van der Waals surface area contributed by atoms with Crippen LogP contribution in [0.1, 0.15) is 12.6 Å². The third-order valence-corrected chi connectivity index (χ3v) is 2.10. The molecule has 1 amide bonds. The van der Waals surface area contributed by atoms with E-state index in [0.29, 0.717) is 6.61 Å². The number of cyclic esters (lactones) is 1. The van der Waals surface area contributed by atoms with Crippen molar-refractivity contribution in [2.75, 3.05) is 6.61 Å². The van der Waals surface area contributed by atoms with Gasteiger partial charge in [-0.3, -0.25) is 4.98 Å². The lowest BCUT2D eigenvalue weighted by atomic mass is 9.99. The summed E-state index contributed by atoms with van der Waals surface area (Å²) in [6.07, 6.45) is 1.32. The molecular weight excluding hydrogens is 168 g/mol. The minimum absolute atomic E-state index is 0.336. The Morgan fingerprint density at radius 1 is 1.62 bits per heavy atom. The van der Waals surface area contributed by atoms with Gasteiger partial charge in [-0.1, -0.05) is 6.07 Å². The van der Waals surface area contributed by atoms with E-state index >= 15 is 0 Å². The van der Waals surface area contributed by atoms with Gasteiger partial charge in [0, 0.05) is 6.20 Å². The highest BCUT2D eigenvalue weighted by molar-refractivity contribution is 5.70. The normalized spacial score (nSPS) is 26.7. The fourth-order valence-corrected chi connectivity index (χ4v) is 1.33. The monoisotopic (exact) mass is 178 g/mol. The summed E-state index contributed by atoms with van der Waals surface area (Å²) in [5, 5.41) is 2.72. The van der Waals surface area contributed by atoms with Gasteiger partial charge in [-0.2, -0.15) is 0 Å². The van der Waals surface area contributed by atoms with Crippen LogP contribution in [0.25, 0.3) is 0 Å². The lowest BCUT2D eigenvalue weighted by Crippen LogP contribution is -2.37. The average Bonchev–Trinajstić information content (AvgIpc) is 2.49. The molecule has 0 spiro atoms. The minimum atomic E-state index is -0.474. The Morgan fingerprint density at radius 3 is 3.00 bits per heavy atom. The highest BCUT2D eigenvalue weighted by Gasteiger charge is 2.37. The van der Waals surface area contributed by atoms with E-state index in [4.69, 9.17) is 4.74 Å². The summed E-state index contributed by atoms with van der Waals surface area (Å²) < 4.78 is 4.83. The van der Waals surface area contributed by atoms with E-state index in [-0.39, 0.29) is 6.09 Å². The summed E-state index contributed by atoms with van der Waals surface area (Å²) in [5.74, 6) is 0. The number of pyridine rings is 1. The van der Waals surface area contributed by atoms with Crippen molar-refractivity contribution in [1.29, 1.82) is 0 Å². The van der Waals surface area contributed by atoms with Crippen LogP contribution in [-0.2, 0) is 10.3 Å². The largest absolute Gasteiger partial charge is 0.447 e. The molecule has 0 saturated carbocycles. The smallest absolute Gasteiger partial charge is 0.408 e. The zero-order valence-electron chi connectivity index (χ0n) is 7.28. The molecule has 4 nitrogen and oxygen atoms in total. The van der Waals surface area contributed by atoms with Gasteiger partial charge in [-0.05, 0) is 19.1 Å². The summed E-state index contributed by atoms with van der Waals surface area (Å²) in [6, 6.07) is 5.59. The van der Waals surface area contributed by atoms with Crippen molar-refractivity contribution < 1.29 is 9.53 Å². The Labute approximate surface area is 75.9 Å². The SMILES string of the molecule is CC1(c2ccccn2)COC(=O)N1. The highest BCUT2D eigenvalue weighted by Crippen LogP contribution is 2.22. The maximum absolute atomic E-state index is 10.9. The van der Waals surface area contributed by atoms with Gasteiger partial charge >= 0.3 is 6.09 Å². The molecule has 13 heavy (non-hydrogen) atoms. The van der Waals surface area contributed by atoms with Crippen LogP contribution in [0.4, 0.5) is 4.79 Å². The fourth-order valence-electron chi connectivity index (χ4n) is 1.33. The number of nitrogens with one attached hydrogen (secondary N) is 1. The zero-order valence-corrected chi connectivity index (χ0v) is 7.28. The van der Waals surface area contributed by atoms with Crippen LogP contribution >= 0.6 is 0 Å². The Morgan fingerprint density at radius 2 is 2.46 bits per heavy atom. The minimum Gasteiger partial charge on any atom is -0.447 e. The van der Waals surface area contributed by atoms with Gasteiger partial charge in [0.05, 0.1) is 5.69 Å². The molecule has 1 aromatic heterocycles. The molecule has 0 bridgehead atoms.